The van der Waals surface area contributed by atoms with Gasteiger partial charge in [0.15, 0.2) is 6.29 Å². The maximum atomic E-state index is 12.6. The van der Waals surface area contributed by atoms with Gasteiger partial charge in [0.1, 0.15) is 0 Å². The summed E-state index contributed by atoms with van der Waals surface area (Å²) < 4.78 is 13.4. The second kappa shape index (κ2) is 19.4. The lowest BCUT2D eigenvalue weighted by Crippen LogP contribution is -2.45. The second-order valence-electron chi connectivity index (χ2n) is 14.7. The Bertz CT molecular complexity index is 1560. The number of nitrogens with one attached hydrogen (secondary N) is 2. The Hall–Kier alpha value is -3.64. The number of rotatable bonds is 17. The summed E-state index contributed by atoms with van der Waals surface area (Å²) in [5.74, 6) is -0.365. The first kappa shape index (κ1) is 38.1. The molecule has 0 saturated carbocycles. The fourth-order valence-electron chi connectivity index (χ4n) is 7.94. The molecule has 4 N–H and O–H groups in total. The summed E-state index contributed by atoms with van der Waals surface area (Å²) >= 11 is 0. The third-order valence-corrected chi connectivity index (χ3v) is 10.9. The van der Waals surface area contributed by atoms with E-state index < -0.39 is 6.29 Å². The van der Waals surface area contributed by atoms with Crippen LogP contribution in [0.1, 0.15) is 105 Å². The molecule has 0 radical (unpaired) electrons. The highest BCUT2D eigenvalue weighted by Gasteiger charge is 2.36. The van der Waals surface area contributed by atoms with Gasteiger partial charge in [0.05, 0.1) is 18.8 Å². The molecule has 10 heteroatoms. The number of benzene rings is 3. The summed E-state index contributed by atoms with van der Waals surface area (Å²) in [6, 6.07) is 25.2. The van der Waals surface area contributed by atoms with E-state index in [1.807, 2.05) is 24.3 Å². The van der Waals surface area contributed by atoms with Crippen LogP contribution in [0, 0.1) is 0 Å². The molecule has 0 spiro atoms. The number of amides is 2. The molecule has 3 aromatic carbocycles. The molecule has 4 unspecified atom stereocenters. The molecule has 0 aliphatic carbocycles. The van der Waals surface area contributed by atoms with Crippen LogP contribution in [0.3, 0.4) is 0 Å². The van der Waals surface area contributed by atoms with Gasteiger partial charge in [0.2, 0.25) is 11.8 Å². The Morgan fingerprint density at radius 2 is 1.48 bits per heavy atom. The number of hydroxylamine groups is 1. The lowest BCUT2D eigenvalue weighted by Gasteiger charge is -2.39. The molecule has 0 bridgehead atoms. The standard InChI is InChI=1S/C42H56N4O6/c47-30-31-15-17-33(18-16-31)39-26-37(29-46-25-9-11-36(46)28-45-23-7-8-24-45)51-42(52-39)34-21-19-32(20-22-34)38-12-6-5-10-35(38)27-43-40(48)13-3-1-2-4-14-41(49)44-50/h5-6,10,12,15-22,36-37,39,42,47,50H,1-4,7-9,11,13-14,23-30H2,(H,43,48)(H,44,49). The maximum absolute atomic E-state index is 12.6. The average molecular weight is 713 g/mol. The number of nitrogens with zero attached hydrogens (tertiary/aromatic N) is 2. The highest BCUT2D eigenvalue weighted by molar-refractivity contribution is 5.76. The average Bonchev–Trinajstić information content (AvgIpc) is 3.87. The van der Waals surface area contributed by atoms with Crippen molar-refractivity contribution in [3.8, 4) is 11.1 Å². The number of carbonyl (C=O) groups excluding carboxylic acids is 2. The monoisotopic (exact) mass is 712 g/mol. The van der Waals surface area contributed by atoms with Crippen LogP contribution in [0.2, 0.25) is 0 Å². The molecular formula is C42H56N4O6. The minimum Gasteiger partial charge on any atom is -0.392 e. The third kappa shape index (κ3) is 10.7. The number of likely N-dealkylation sites (tertiary alicyclic amines) is 2. The van der Waals surface area contributed by atoms with Gasteiger partial charge in [0.25, 0.3) is 0 Å². The van der Waals surface area contributed by atoms with E-state index >= 15 is 0 Å². The first-order valence-corrected chi connectivity index (χ1v) is 19.3. The molecule has 3 saturated heterocycles. The van der Waals surface area contributed by atoms with Crippen molar-refractivity contribution in [3.05, 3.63) is 95.1 Å². The lowest BCUT2D eigenvalue weighted by molar-refractivity contribution is -0.253. The maximum Gasteiger partial charge on any atom is 0.243 e. The van der Waals surface area contributed by atoms with Gasteiger partial charge in [-0.3, -0.25) is 19.7 Å². The van der Waals surface area contributed by atoms with E-state index in [0.717, 1.165) is 78.7 Å². The van der Waals surface area contributed by atoms with Gasteiger partial charge in [-0.15, -0.1) is 0 Å². The summed E-state index contributed by atoms with van der Waals surface area (Å²) in [5, 5.41) is 21.3. The van der Waals surface area contributed by atoms with Gasteiger partial charge in [0, 0.05) is 50.5 Å². The first-order chi connectivity index (χ1) is 25.5. The summed E-state index contributed by atoms with van der Waals surface area (Å²) in [5.41, 5.74) is 7.79. The van der Waals surface area contributed by atoms with Crippen molar-refractivity contribution in [3.63, 3.8) is 0 Å². The van der Waals surface area contributed by atoms with E-state index in [0.29, 0.717) is 31.8 Å². The number of aliphatic hydroxyl groups is 1. The van der Waals surface area contributed by atoms with Crippen LogP contribution in [-0.4, -0.2) is 76.8 Å². The molecule has 3 aromatic rings. The molecule has 10 nitrogen and oxygen atoms in total. The van der Waals surface area contributed by atoms with Gasteiger partial charge in [-0.2, -0.15) is 0 Å². The van der Waals surface area contributed by atoms with Crippen LogP contribution in [-0.2, 0) is 32.2 Å². The van der Waals surface area contributed by atoms with Crippen LogP contribution in [0.5, 0.6) is 0 Å². The molecular weight excluding hydrogens is 656 g/mol. The number of hydrogen-bond acceptors (Lipinski definition) is 8. The number of aliphatic hydroxyl groups excluding tert-OH is 1. The summed E-state index contributed by atoms with van der Waals surface area (Å²) in [6.07, 6.45) is 9.18. The molecule has 3 fully saturated rings. The van der Waals surface area contributed by atoms with E-state index in [1.165, 1.54) is 38.8 Å². The molecule has 280 valence electrons. The smallest absolute Gasteiger partial charge is 0.243 e. The summed E-state index contributed by atoms with van der Waals surface area (Å²) in [7, 11) is 0. The van der Waals surface area contributed by atoms with Crippen LogP contribution in [0.25, 0.3) is 11.1 Å². The summed E-state index contributed by atoms with van der Waals surface area (Å²) in [6.45, 7) is 6.06. The van der Waals surface area contributed by atoms with Gasteiger partial charge in [-0.1, -0.05) is 85.6 Å². The molecule has 0 aromatic heterocycles. The van der Waals surface area contributed by atoms with Gasteiger partial charge in [-0.25, -0.2) is 5.48 Å². The summed E-state index contributed by atoms with van der Waals surface area (Å²) in [4.78, 5) is 29.0. The first-order valence-electron chi connectivity index (χ1n) is 19.3. The van der Waals surface area contributed by atoms with E-state index in [9.17, 15) is 14.7 Å². The molecule has 3 aliphatic heterocycles. The van der Waals surface area contributed by atoms with E-state index in [2.05, 4.69) is 63.6 Å². The van der Waals surface area contributed by atoms with Gasteiger partial charge < -0.3 is 24.8 Å². The number of ether oxygens (including phenoxy) is 2. The van der Waals surface area contributed by atoms with Crippen molar-refractivity contribution < 1.29 is 29.4 Å². The van der Waals surface area contributed by atoms with E-state index in [1.54, 1.807) is 5.48 Å². The predicted octanol–water partition coefficient (Wildman–Crippen LogP) is 6.41. The van der Waals surface area contributed by atoms with Crippen LogP contribution < -0.4 is 10.8 Å². The zero-order chi connectivity index (χ0) is 36.1. The van der Waals surface area contributed by atoms with Crippen LogP contribution >= 0.6 is 0 Å². The van der Waals surface area contributed by atoms with Crippen molar-refractivity contribution in [2.75, 3.05) is 32.7 Å². The van der Waals surface area contributed by atoms with Crippen molar-refractivity contribution in [2.45, 2.75) is 108 Å². The third-order valence-electron chi connectivity index (χ3n) is 10.9. The Balaban J connectivity index is 1.09. The normalized spacial score (nSPS) is 22.4. The minimum atomic E-state index is -0.503. The molecule has 3 heterocycles. The number of carbonyl (C=O) groups is 2. The SMILES string of the molecule is O=C(CCCCCCC(=O)NCc1ccccc1-c1ccc(C2OC(CN3CCCC3CN3CCCC3)CC(c3ccc(CO)cc3)O2)cc1)NO. The Morgan fingerprint density at radius 1 is 0.769 bits per heavy atom. The van der Waals surface area contributed by atoms with E-state index in [-0.39, 0.29) is 30.6 Å². The number of unbranched alkanes of at least 4 members (excludes halogenated alkanes) is 3. The topological polar surface area (TPSA) is 124 Å². The van der Waals surface area contributed by atoms with Gasteiger partial charge in [-0.05, 0) is 86.0 Å². The Kier molecular flexibility index (Phi) is 14.2. The molecule has 2 amide bonds. The zero-order valence-electron chi connectivity index (χ0n) is 30.4. The Morgan fingerprint density at radius 3 is 2.21 bits per heavy atom. The lowest BCUT2D eigenvalue weighted by atomic mass is 9.97. The quantitative estimate of drug-likeness (QED) is 0.0720. The number of hydrogen-bond donors (Lipinski definition) is 4. The molecule has 3 aliphatic rings. The molecule has 52 heavy (non-hydrogen) atoms. The van der Waals surface area contributed by atoms with E-state index in [4.69, 9.17) is 14.7 Å². The molecule has 4 atom stereocenters. The zero-order valence-corrected chi connectivity index (χ0v) is 30.4. The molecule has 6 rings (SSSR count). The van der Waals surface area contributed by atoms with Crippen LogP contribution in [0.4, 0.5) is 0 Å². The second-order valence-corrected chi connectivity index (χ2v) is 14.7. The van der Waals surface area contributed by atoms with Crippen LogP contribution in [0.15, 0.2) is 72.8 Å². The van der Waals surface area contributed by atoms with Crippen molar-refractivity contribution in [1.82, 2.24) is 20.6 Å². The van der Waals surface area contributed by atoms with Crippen molar-refractivity contribution in [2.24, 2.45) is 0 Å². The Labute approximate surface area is 308 Å². The van der Waals surface area contributed by atoms with Crippen molar-refractivity contribution in [1.29, 1.82) is 0 Å². The largest absolute Gasteiger partial charge is 0.392 e. The van der Waals surface area contributed by atoms with Crippen molar-refractivity contribution >= 4 is 11.8 Å². The van der Waals surface area contributed by atoms with Gasteiger partial charge >= 0.3 is 0 Å². The highest BCUT2D eigenvalue weighted by Crippen LogP contribution is 2.39. The fourth-order valence-corrected chi connectivity index (χ4v) is 7.94. The predicted molar refractivity (Wildman–Crippen MR) is 200 cm³/mol. The fraction of sp³-hybridized carbons (Fsp3) is 0.524. The highest BCUT2D eigenvalue weighted by atomic mass is 16.7. The minimum absolute atomic E-state index is 0.0104.